The van der Waals surface area contributed by atoms with Crippen LogP contribution in [-0.4, -0.2) is 55.9 Å². The minimum Gasteiger partial charge on any atom is -0.356 e. The third-order valence-electron chi connectivity index (χ3n) is 4.03. The third kappa shape index (κ3) is 8.43. The summed E-state index contributed by atoms with van der Waals surface area (Å²) < 4.78 is 0. The normalized spacial score (nSPS) is 10.7. The van der Waals surface area contributed by atoms with Gasteiger partial charge in [-0.15, -0.1) is 24.0 Å². The molecule has 0 radical (unpaired) electrons. The monoisotopic (exact) mass is 480 g/mol. The highest BCUT2D eigenvalue weighted by Crippen LogP contribution is 2.04. The van der Waals surface area contributed by atoms with Crippen molar-refractivity contribution in [3.05, 3.63) is 71.8 Å². The van der Waals surface area contributed by atoms with Gasteiger partial charge in [-0.1, -0.05) is 60.7 Å². The zero-order valence-corrected chi connectivity index (χ0v) is 18.6. The summed E-state index contributed by atoms with van der Waals surface area (Å²) in [4.78, 5) is 20.0. The Morgan fingerprint density at radius 2 is 1.48 bits per heavy atom. The van der Waals surface area contributed by atoms with Crippen LogP contribution in [0.5, 0.6) is 0 Å². The Hall–Kier alpha value is -2.09. The molecule has 0 aromatic heterocycles. The average molecular weight is 480 g/mol. The molecule has 0 aliphatic carbocycles. The fourth-order valence-corrected chi connectivity index (χ4v) is 2.49. The van der Waals surface area contributed by atoms with E-state index in [4.69, 9.17) is 0 Å². The van der Waals surface area contributed by atoms with Crippen LogP contribution in [0, 0.1) is 0 Å². The average Bonchev–Trinajstić information content (AvgIpc) is 2.65. The fraction of sp³-hybridized carbons (Fsp3) is 0.333. The van der Waals surface area contributed by atoms with Crippen molar-refractivity contribution in [2.45, 2.75) is 13.0 Å². The number of nitrogens with one attached hydrogen (secondary N) is 1. The summed E-state index contributed by atoms with van der Waals surface area (Å²) >= 11 is 0. The molecule has 0 saturated heterocycles. The van der Waals surface area contributed by atoms with Gasteiger partial charge in [-0.25, -0.2) is 4.99 Å². The molecule has 1 amide bonds. The highest BCUT2D eigenvalue weighted by Gasteiger charge is 2.09. The van der Waals surface area contributed by atoms with E-state index in [9.17, 15) is 4.79 Å². The molecular weight excluding hydrogens is 451 g/mol. The second-order valence-electron chi connectivity index (χ2n) is 6.43. The van der Waals surface area contributed by atoms with Crippen LogP contribution in [-0.2, 0) is 17.8 Å². The molecule has 27 heavy (non-hydrogen) atoms. The molecule has 1 N–H and O–H groups in total. The van der Waals surface area contributed by atoms with Gasteiger partial charge in [0.05, 0.1) is 0 Å². The zero-order valence-electron chi connectivity index (χ0n) is 16.3. The van der Waals surface area contributed by atoms with Gasteiger partial charge in [0, 0.05) is 34.2 Å². The number of aliphatic imine (C=N–C) groups is 1. The summed E-state index contributed by atoms with van der Waals surface area (Å²) in [5.41, 5.74) is 2.47. The minimum atomic E-state index is -0.0135. The van der Waals surface area contributed by atoms with Crippen molar-refractivity contribution in [3.8, 4) is 0 Å². The van der Waals surface area contributed by atoms with E-state index in [1.807, 2.05) is 48.3 Å². The van der Waals surface area contributed by atoms with Gasteiger partial charge in [-0.3, -0.25) is 4.79 Å². The molecule has 0 aliphatic heterocycles. The fourth-order valence-electron chi connectivity index (χ4n) is 2.49. The first kappa shape index (κ1) is 23.0. The van der Waals surface area contributed by atoms with E-state index in [-0.39, 0.29) is 36.4 Å². The second-order valence-corrected chi connectivity index (χ2v) is 6.43. The molecule has 0 bridgehead atoms. The lowest BCUT2D eigenvalue weighted by atomic mass is 10.1. The molecule has 6 heteroatoms. The first-order valence-corrected chi connectivity index (χ1v) is 8.83. The summed E-state index contributed by atoms with van der Waals surface area (Å²) in [5.74, 6) is 0.723. The predicted molar refractivity (Wildman–Crippen MR) is 122 cm³/mol. The van der Waals surface area contributed by atoms with Crippen molar-refractivity contribution in [1.29, 1.82) is 0 Å². The van der Waals surface area contributed by atoms with Gasteiger partial charge in [0.15, 0.2) is 5.96 Å². The number of carbonyl (C=O) groups excluding carboxylic acids is 1. The SMILES string of the molecule is CN(C)C(=O)CN=C(NCCc1ccccc1)N(C)Cc1ccccc1.I. The summed E-state index contributed by atoms with van der Waals surface area (Å²) in [6.45, 7) is 1.63. The smallest absolute Gasteiger partial charge is 0.243 e. The Labute approximate surface area is 179 Å². The van der Waals surface area contributed by atoms with Crippen LogP contribution >= 0.6 is 24.0 Å². The number of hydrogen-bond acceptors (Lipinski definition) is 2. The van der Waals surface area contributed by atoms with Gasteiger partial charge in [-0.2, -0.15) is 0 Å². The Morgan fingerprint density at radius 3 is 2.04 bits per heavy atom. The van der Waals surface area contributed by atoms with Gasteiger partial charge in [0.2, 0.25) is 5.91 Å². The number of benzene rings is 2. The highest BCUT2D eigenvalue weighted by molar-refractivity contribution is 14.0. The number of nitrogens with zero attached hydrogens (tertiary/aromatic N) is 3. The van der Waals surface area contributed by atoms with Crippen molar-refractivity contribution in [3.63, 3.8) is 0 Å². The molecule has 0 spiro atoms. The number of carbonyl (C=O) groups is 1. The Kier molecular flexibility index (Phi) is 10.5. The maximum atomic E-state index is 11.9. The molecule has 0 unspecified atom stereocenters. The molecule has 0 fully saturated rings. The lowest BCUT2D eigenvalue weighted by molar-refractivity contribution is -0.127. The predicted octanol–water partition coefficient (Wildman–Crippen LogP) is 3.01. The maximum absolute atomic E-state index is 11.9. The van der Waals surface area contributed by atoms with Crippen LogP contribution in [0.15, 0.2) is 65.7 Å². The van der Waals surface area contributed by atoms with E-state index in [2.05, 4.69) is 34.6 Å². The summed E-state index contributed by atoms with van der Waals surface area (Å²) in [6.07, 6.45) is 0.903. The molecular formula is C21H29IN4O. The van der Waals surface area contributed by atoms with Gasteiger partial charge in [0.25, 0.3) is 0 Å². The number of amides is 1. The van der Waals surface area contributed by atoms with Crippen LogP contribution in [0.4, 0.5) is 0 Å². The highest BCUT2D eigenvalue weighted by atomic mass is 127. The maximum Gasteiger partial charge on any atom is 0.243 e. The van der Waals surface area contributed by atoms with E-state index in [0.29, 0.717) is 0 Å². The Bertz CT molecular complexity index is 705. The van der Waals surface area contributed by atoms with Gasteiger partial charge in [-0.05, 0) is 17.5 Å². The van der Waals surface area contributed by atoms with E-state index in [0.717, 1.165) is 25.5 Å². The number of likely N-dealkylation sites (N-methyl/N-ethyl adjacent to an activating group) is 1. The topological polar surface area (TPSA) is 47.9 Å². The lowest BCUT2D eigenvalue weighted by Gasteiger charge is -2.23. The summed E-state index contributed by atoms with van der Waals surface area (Å²) in [6, 6.07) is 20.6. The minimum absolute atomic E-state index is 0. The number of hydrogen-bond donors (Lipinski definition) is 1. The number of guanidine groups is 1. The molecule has 5 nitrogen and oxygen atoms in total. The molecule has 2 rings (SSSR count). The first-order valence-electron chi connectivity index (χ1n) is 8.83. The van der Waals surface area contributed by atoms with Gasteiger partial charge in [0.1, 0.15) is 6.54 Å². The molecule has 0 heterocycles. The molecule has 0 saturated carbocycles. The van der Waals surface area contributed by atoms with Gasteiger partial charge < -0.3 is 15.1 Å². The van der Waals surface area contributed by atoms with E-state index >= 15 is 0 Å². The standard InChI is InChI=1S/C21H28N4O.HI/c1-24(2)20(26)16-23-21(22-15-14-18-10-6-4-7-11-18)25(3)17-19-12-8-5-9-13-19;/h4-13H,14-17H2,1-3H3,(H,22,23);1H. The van der Waals surface area contributed by atoms with Crippen molar-refractivity contribution in [1.82, 2.24) is 15.1 Å². The van der Waals surface area contributed by atoms with Crippen molar-refractivity contribution < 1.29 is 4.79 Å². The lowest BCUT2D eigenvalue weighted by Crippen LogP contribution is -2.40. The van der Waals surface area contributed by atoms with Crippen LogP contribution in [0.2, 0.25) is 0 Å². The molecule has 0 atom stereocenters. The summed E-state index contributed by atoms with van der Waals surface area (Å²) in [5, 5.41) is 3.39. The van der Waals surface area contributed by atoms with Crippen molar-refractivity contribution in [2.24, 2.45) is 4.99 Å². The molecule has 0 aliphatic rings. The van der Waals surface area contributed by atoms with Crippen LogP contribution in [0.3, 0.4) is 0 Å². The van der Waals surface area contributed by atoms with Crippen LogP contribution in [0.1, 0.15) is 11.1 Å². The van der Waals surface area contributed by atoms with E-state index < -0.39 is 0 Å². The van der Waals surface area contributed by atoms with Crippen molar-refractivity contribution in [2.75, 3.05) is 34.2 Å². The molecule has 2 aromatic rings. The van der Waals surface area contributed by atoms with Crippen LogP contribution in [0.25, 0.3) is 0 Å². The van der Waals surface area contributed by atoms with E-state index in [1.165, 1.54) is 11.1 Å². The molecule has 2 aromatic carbocycles. The largest absolute Gasteiger partial charge is 0.356 e. The Balaban J connectivity index is 0.00000364. The van der Waals surface area contributed by atoms with Gasteiger partial charge >= 0.3 is 0 Å². The first-order chi connectivity index (χ1) is 12.6. The van der Waals surface area contributed by atoms with Crippen molar-refractivity contribution >= 4 is 35.8 Å². The summed E-state index contributed by atoms with van der Waals surface area (Å²) in [7, 11) is 5.48. The number of rotatable bonds is 7. The Morgan fingerprint density at radius 1 is 0.926 bits per heavy atom. The second kappa shape index (κ2) is 12.3. The zero-order chi connectivity index (χ0) is 18.8. The van der Waals surface area contributed by atoms with E-state index in [1.54, 1.807) is 19.0 Å². The third-order valence-corrected chi connectivity index (χ3v) is 4.03. The van der Waals surface area contributed by atoms with Crippen LogP contribution < -0.4 is 5.32 Å². The quantitative estimate of drug-likeness (QED) is 0.377. The molecule has 146 valence electrons. The number of halogens is 1.